The van der Waals surface area contributed by atoms with E-state index in [1.165, 1.54) is 0 Å². The molecule has 13 heavy (non-hydrogen) atoms. The second kappa shape index (κ2) is 3.73. The van der Waals surface area contributed by atoms with Crippen molar-refractivity contribution in [3.63, 3.8) is 0 Å². The minimum atomic E-state index is -5.35. The molecule has 0 saturated heterocycles. The van der Waals surface area contributed by atoms with Gasteiger partial charge in [0.15, 0.2) is 5.92 Å². The molecule has 0 aliphatic heterocycles. The van der Waals surface area contributed by atoms with Crippen molar-refractivity contribution in [1.82, 2.24) is 0 Å². The highest BCUT2D eigenvalue weighted by molar-refractivity contribution is 4.76. The summed E-state index contributed by atoms with van der Waals surface area (Å²) in [7, 11) is 0. The summed E-state index contributed by atoms with van der Waals surface area (Å²) < 4.78 is 70.5. The molecule has 0 saturated carbocycles. The van der Waals surface area contributed by atoms with E-state index in [0.29, 0.717) is 0 Å². The van der Waals surface area contributed by atoms with Crippen molar-refractivity contribution in [1.29, 1.82) is 0 Å². The first kappa shape index (κ1) is 12.5. The topological polar surface area (TPSA) is 20.2 Å². The van der Waals surface area contributed by atoms with Gasteiger partial charge in [-0.15, -0.1) is 0 Å². The lowest BCUT2D eigenvalue weighted by molar-refractivity contribution is -0.289. The van der Waals surface area contributed by atoms with E-state index in [1.54, 1.807) is 0 Å². The van der Waals surface area contributed by atoms with Crippen LogP contribution >= 0.6 is 0 Å². The highest BCUT2D eigenvalue weighted by Gasteiger charge is 2.56. The van der Waals surface area contributed by atoms with E-state index in [2.05, 4.69) is 0 Å². The van der Waals surface area contributed by atoms with Crippen molar-refractivity contribution in [2.24, 2.45) is 5.92 Å². The van der Waals surface area contributed by atoms with Crippen LogP contribution in [0, 0.1) is 5.92 Å². The second-order valence-corrected chi connectivity index (χ2v) is 2.72. The fraction of sp³-hybridized carbons (Fsp3) is 1.00. The smallest absolute Gasteiger partial charge is 0.393 e. The Kier molecular flexibility index (Phi) is 3.60. The molecular formula is C6H8F6O. The molecule has 0 amide bonds. The van der Waals surface area contributed by atoms with E-state index < -0.39 is 30.8 Å². The van der Waals surface area contributed by atoms with Gasteiger partial charge in [-0.2, -0.15) is 26.3 Å². The van der Waals surface area contributed by atoms with Crippen LogP contribution in [0.1, 0.15) is 13.3 Å². The van der Waals surface area contributed by atoms with Gasteiger partial charge in [0.25, 0.3) is 0 Å². The van der Waals surface area contributed by atoms with Crippen molar-refractivity contribution in [2.75, 3.05) is 0 Å². The fourth-order valence-electron chi connectivity index (χ4n) is 0.794. The van der Waals surface area contributed by atoms with Gasteiger partial charge in [-0.25, -0.2) is 0 Å². The van der Waals surface area contributed by atoms with Crippen molar-refractivity contribution in [3.8, 4) is 0 Å². The average Bonchev–Trinajstić information content (AvgIpc) is 1.77. The molecule has 0 aliphatic carbocycles. The first-order valence-electron chi connectivity index (χ1n) is 3.36. The molecule has 1 atom stereocenters. The van der Waals surface area contributed by atoms with E-state index >= 15 is 0 Å². The van der Waals surface area contributed by atoms with E-state index in [-0.39, 0.29) is 0 Å². The van der Waals surface area contributed by atoms with Crippen LogP contribution in [0.15, 0.2) is 0 Å². The Hall–Kier alpha value is -0.460. The van der Waals surface area contributed by atoms with Crippen molar-refractivity contribution >= 4 is 0 Å². The second-order valence-electron chi connectivity index (χ2n) is 2.72. The molecule has 0 spiro atoms. The van der Waals surface area contributed by atoms with E-state index in [0.717, 1.165) is 6.92 Å². The highest BCUT2D eigenvalue weighted by atomic mass is 19.4. The van der Waals surface area contributed by atoms with Crippen LogP contribution in [0.5, 0.6) is 0 Å². The minimum Gasteiger partial charge on any atom is -0.393 e. The zero-order valence-corrected chi connectivity index (χ0v) is 6.58. The summed E-state index contributed by atoms with van der Waals surface area (Å²) in [6.07, 6.45) is -13.7. The standard InChI is InChI=1S/C6H8F6O/c1-3(13)2-4(5(7,8)9)6(10,11)12/h3-4,13H,2H2,1H3/t3-/m1/s1. The molecule has 0 heterocycles. The molecule has 1 nitrogen and oxygen atoms in total. The summed E-state index contributed by atoms with van der Waals surface area (Å²) in [6, 6.07) is 0. The van der Waals surface area contributed by atoms with Gasteiger partial charge in [-0.05, 0) is 13.3 Å². The predicted molar refractivity (Wildman–Crippen MR) is 31.9 cm³/mol. The highest BCUT2D eigenvalue weighted by Crippen LogP contribution is 2.41. The Morgan fingerprint density at radius 2 is 1.31 bits per heavy atom. The molecule has 0 bridgehead atoms. The lowest BCUT2D eigenvalue weighted by Gasteiger charge is -2.23. The normalized spacial score (nSPS) is 16.4. The summed E-state index contributed by atoms with van der Waals surface area (Å²) in [5, 5.41) is 8.45. The molecule has 0 rings (SSSR count). The van der Waals surface area contributed by atoms with Crippen LogP contribution in [0.3, 0.4) is 0 Å². The Bertz CT molecular complexity index is 143. The summed E-state index contributed by atoms with van der Waals surface area (Å²) >= 11 is 0. The van der Waals surface area contributed by atoms with Gasteiger partial charge in [0.2, 0.25) is 0 Å². The summed E-state index contributed by atoms with van der Waals surface area (Å²) in [5.41, 5.74) is 0. The molecule has 0 aromatic carbocycles. The van der Waals surface area contributed by atoms with Crippen LogP contribution in [0.25, 0.3) is 0 Å². The number of hydrogen-bond donors (Lipinski definition) is 1. The Labute approximate surface area is 70.4 Å². The monoisotopic (exact) mass is 210 g/mol. The number of hydrogen-bond acceptors (Lipinski definition) is 1. The third-order valence-corrected chi connectivity index (χ3v) is 1.37. The SMILES string of the molecule is C[C@@H](O)CC(C(F)(F)F)C(F)(F)F. The number of aliphatic hydroxyl groups excluding tert-OH is 1. The minimum absolute atomic E-state index is 0.879. The molecule has 0 aromatic rings. The summed E-state index contributed by atoms with van der Waals surface area (Å²) in [6.45, 7) is 0.879. The molecule has 0 fully saturated rings. The zero-order chi connectivity index (χ0) is 10.9. The lowest BCUT2D eigenvalue weighted by atomic mass is 10.0. The zero-order valence-electron chi connectivity index (χ0n) is 6.58. The maximum atomic E-state index is 11.7. The number of rotatable bonds is 2. The van der Waals surface area contributed by atoms with Gasteiger partial charge in [-0.1, -0.05) is 0 Å². The number of alkyl halides is 6. The van der Waals surface area contributed by atoms with Crippen molar-refractivity contribution in [3.05, 3.63) is 0 Å². The van der Waals surface area contributed by atoms with Gasteiger partial charge in [-0.3, -0.25) is 0 Å². The van der Waals surface area contributed by atoms with Crippen LogP contribution in [-0.4, -0.2) is 23.6 Å². The molecule has 1 N–H and O–H groups in total. The molecule has 7 heteroatoms. The fourth-order valence-corrected chi connectivity index (χ4v) is 0.794. The van der Waals surface area contributed by atoms with Gasteiger partial charge in [0.05, 0.1) is 6.10 Å². The molecule has 0 aromatic heterocycles. The third-order valence-electron chi connectivity index (χ3n) is 1.37. The summed E-state index contributed by atoms with van der Waals surface area (Å²) in [5.74, 6) is -3.44. The quantitative estimate of drug-likeness (QED) is 0.694. The van der Waals surface area contributed by atoms with Crippen LogP contribution < -0.4 is 0 Å². The Morgan fingerprint density at radius 3 is 1.38 bits per heavy atom. The lowest BCUT2D eigenvalue weighted by Crippen LogP contribution is -2.38. The maximum absolute atomic E-state index is 11.7. The molecule has 0 radical (unpaired) electrons. The first-order chi connectivity index (χ1) is 5.55. The summed E-state index contributed by atoms with van der Waals surface area (Å²) in [4.78, 5) is 0. The largest absolute Gasteiger partial charge is 0.400 e. The Balaban J connectivity index is 4.58. The Morgan fingerprint density at radius 1 is 1.00 bits per heavy atom. The third kappa shape index (κ3) is 4.35. The molecule has 0 aliphatic rings. The molecule has 0 unspecified atom stereocenters. The number of halogens is 6. The first-order valence-corrected chi connectivity index (χ1v) is 3.36. The van der Waals surface area contributed by atoms with Crippen LogP contribution in [0.4, 0.5) is 26.3 Å². The van der Waals surface area contributed by atoms with Gasteiger partial charge < -0.3 is 5.11 Å². The maximum Gasteiger partial charge on any atom is 0.400 e. The van der Waals surface area contributed by atoms with Gasteiger partial charge >= 0.3 is 12.4 Å². The van der Waals surface area contributed by atoms with E-state index in [4.69, 9.17) is 5.11 Å². The van der Waals surface area contributed by atoms with Gasteiger partial charge in [0, 0.05) is 0 Å². The van der Waals surface area contributed by atoms with Crippen LogP contribution in [0.2, 0.25) is 0 Å². The van der Waals surface area contributed by atoms with E-state index in [1.807, 2.05) is 0 Å². The van der Waals surface area contributed by atoms with Crippen LogP contribution in [-0.2, 0) is 0 Å². The van der Waals surface area contributed by atoms with E-state index in [9.17, 15) is 26.3 Å². The van der Waals surface area contributed by atoms with Crippen molar-refractivity contribution in [2.45, 2.75) is 31.8 Å². The predicted octanol–water partition coefficient (Wildman–Crippen LogP) is 2.50. The van der Waals surface area contributed by atoms with Crippen molar-refractivity contribution < 1.29 is 31.4 Å². The average molecular weight is 210 g/mol. The van der Waals surface area contributed by atoms with Gasteiger partial charge in [0.1, 0.15) is 0 Å². The number of aliphatic hydroxyl groups is 1. The molecular weight excluding hydrogens is 202 g/mol. The molecule has 80 valence electrons.